The number of carbonyl (C=O) groups is 1. The van der Waals surface area contributed by atoms with E-state index in [2.05, 4.69) is 21.2 Å². The summed E-state index contributed by atoms with van der Waals surface area (Å²) < 4.78 is 5.63. The van der Waals surface area contributed by atoms with Crippen LogP contribution in [0, 0.1) is 5.92 Å². The number of nitrogens with two attached hydrogens (primary N) is 1. The van der Waals surface area contributed by atoms with Crippen LogP contribution in [-0.4, -0.2) is 29.5 Å². The molecular weight excluding hydrogens is 270 g/mol. The molecule has 1 unspecified atom stereocenters. The fourth-order valence-electron chi connectivity index (χ4n) is 2.20. The zero-order valence-corrected chi connectivity index (χ0v) is 12.0. The standard InChI is InChI=1S/C12H22BrNO2/c1-4-10(13)11(15)16-12(2,3)9-5-7-14-8-6-9/h9-10,14H,4-8H2,1-3H3/p+1. The smallest absolute Gasteiger partial charge is 0.320 e. The lowest BCUT2D eigenvalue weighted by molar-refractivity contribution is -0.665. The SMILES string of the molecule is CCC(Br)C(=O)OC(C)(C)C1CC[NH2+]CC1. The van der Waals surface area contributed by atoms with Crippen LogP contribution in [0.1, 0.15) is 40.0 Å². The number of ether oxygens (including phenoxy) is 1. The number of halogens is 1. The van der Waals surface area contributed by atoms with Gasteiger partial charge in [-0.1, -0.05) is 22.9 Å². The quantitative estimate of drug-likeness (QED) is 0.630. The number of hydrogen-bond acceptors (Lipinski definition) is 2. The van der Waals surface area contributed by atoms with Gasteiger partial charge in [-0.2, -0.15) is 0 Å². The second kappa shape index (κ2) is 6.01. The Bertz CT molecular complexity index is 237. The molecule has 1 fully saturated rings. The molecule has 1 heterocycles. The van der Waals surface area contributed by atoms with Gasteiger partial charge in [-0.05, 0) is 20.3 Å². The van der Waals surface area contributed by atoms with Crippen LogP contribution in [0.3, 0.4) is 0 Å². The van der Waals surface area contributed by atoms with Gasteiger partial charge >= 0.3 is 5.97 Å². The van der Waals surface area contributed by atoms with Crippen molar-refractivity contribution in [3.8, 4) is 0 Å². The van der Waals surface area contributed by atoms with E-state index in [1.54, 1.807) is 0 Å². The summed E-state index contributed by atoms with van der Waals surface area (Å²) in [6, 6.07) is 0. The minimum absolute atomic E-state index is 0.123. The lowest BCUT2D eigenvalue weighted by atomic mass is 9.83. The summed E-state index contributed by atoms with van der Waals surface area (Å²) in [7, 11) is 0. The first-order valence-corrected chi connectivity index (χ1v) is 7.07. The van der Waals surface area contributed by atoms with Crippen LogP contribution in [0.2, 0.25) is 0 Å². The monoisotopic (exact) mass is 292 g/mol. The van der Waals surface area contributed by atoms with Crippen molar-refractivity contribution in [2.24, 2.45) is 5.92 Å². The molecular formula is C12H23BrNO2+. The topological polar surface area (TPSA) is 42.9 Å². The van der Waals surface area contributed by atoms with E-state index < -0.39 is 0 Å². The maximum absolute atomic E-state index is 11.8. The molecule has 0 spiro atoms. The van der Waals surface area contributed by atoms with Crippen molar-refractivity contribution in [3.63, 3.8) is 0 Å². The van der Waals surface area contributed by atoms with E-state index in [-0.39, 0.29) is 16.4 Å². The van der Waals surface area contributed by atoms with Gasteiger partial charge in [0, 0.05) is 18.8 Å². The first-order chi connectivity index (χ1) is 7.47. The van der Waals surface area contributed by atoms with E-state index in [1.165, 1.54) is 0 Å². The van der Waals surface area contributed by atoms with Gasteiger partial charge in [0.25, 0.3) is 0 Å². The van der Waals surface area contributed by atoms with Gasteiger partial charge in [0.05, 0.1) is 13.1 Å². The Morgan fingerprint density at radius 1 is 1.50 bits per heavy atom. The summed E-state index contributed by atoms with van der Waals surface area (Å²) in [5.41, 5.74) is -0.327. The second-order valence-electron chi connectivity index (χ2n) is 5.04. The summed E-state index contributed by atoms with van der Waals surface area (Å²) in [4.78, 5) is 11.6. The van der Waals surface area contributed by atoms with E-state index in [4.69, 9.17) is 4.74 Å². The number of rotatable bonds is 4. The second-order valence-corrected chi connectivity index (χ2v) is 6.15. The molecule has 1 aliphatic heterocycles. The van der Waals surface area contributed by atoms with E-state index in [9.17, 15) is 4.79 Å². The van der Waals surface area contributed by atoms with Crippen molar-refractivity contribution in [3.05, 3.63) is 0 Å². The van der Waals surface area contributed by atoms with Crippen molar-refractivity contribution >= 4 is 21.9 Å². The van der Waals surface area contributed by atoms with E-state index >= 15 is 0 Å². The molecule has 0 amide bonds. The van der Waals surface area contributed by atoms with Crippen molar-refractivity contribution in [1.29, 1.82) is 0 Å². The molecule has 1 atom stereocenters. The normalized spacial score (nSPS) is 20.5. The summed E-state index contributed by atoms with van der Waals surface area (Å²) in [6.07, 6.45) is 3.05. The van der Waals surface area contributed by atoms with Gasteiger partial charge < -0.3 is 10.1 Å². The van der Waals surface area contributed by atoms with Crippen molar-refractivity contribution < 1.29 is 14.8 Å². The largest absolute Gasteiger partial charge is 0.459 e. The molecule has 1 saturated heterocycles. The summed E-state index contributed by atoms with van der Waals surface area (Å²) in [6.45, 7) is 8.35. The van der Waals surface area contributed by atoms with Crippen LogP contribution in [-0.2, 0) is 9.53 Å². The number of carbonyl (C=O) groups excluding carboxylic acids is 1. The Morgan fingerprint density at radius 2 is 2.06 bits per heavy atom. The number of quaternary nitrogens is 1. The first kappa shape index (κ1) is 14.0. The Hall–Kier alpha value is -0.0900. The zero-order valence-electron chi connectivity index (χ0n) is 10.5. The highest BCUT2D eigenvalue weighted by atomic mass is 79.9. The predicted octanol–water partition coefficient (Wildman–Crippen LogP) is 1.46. The zero-order chi connectivity index (χ0) is 12.2. The lowest BCUT2D eigenvalue weighted by Gasteiger charge is -2.36. The first-order valence-electron chi connectivity index (χ1n) is 6.16. The summed E-state index contributed by atoms with van der Waals surface area (Å²) in [5.74, 6) is 0.375. The van der Waals surface area contributed by atoms with Gasteiger partial charge in [0.1, 0.15) is 10.4 Å². The molecule has 0 aromatic carbocycles. The molecule has 0 aromatic heterocycles. The van der Waals surface area contributed by atoms with Crippen LogP contribution in [0.4, 0.5) is 0 Å². The van der Waals surface area contributed by atoms with E-state index in [0.717, 1.165) is 32.4 Å². The number of hydrogen-bond donors (Lipinski definition) is 1. The molecule has 1 aliphatic rings. The van der Waals surface area contributed by atoms with Crippen LogP contribution in [0.25, 0.3) is 0 Å². The van der Waals surface area contributed by atoms with Gasteiger partial charge in [-0.25, -0.2) is 0 Å². The number of piperidine rings is 1. The highest BCUT2D eigenvalue weighted by Gasteiger charge is 2.36. The van der Waals surface area contributed by atoms with Crippen LogP contribution < -0.4 is 5.32 Å². The van der Waals surface area contributed by atoms with Crippen LogP contribution in [0.15, 0.2) is 0 Å². The maximum Gasteiger partial charge on any atom is 0.320 e. The van der Waals surface area contributed by atoms with Gasteiger partial charge in [-0.3, -0.25) is 4.79 Å². The Kier molecular flexibility index (Phi) is 5.25. The molecule has 0 aromatic rings. The molecule has 0 aliphatic carbocycles. The molecule has 94 valence electrons. The maximum atomic E-state index is 11.8. The predicted molar refractivity (Wildman–Crippen MR) is 67.6 cm³/mol. The third-order valence-electron chi connectivity index (χ3n) is 3.40. The Morgan fingerprint density at radius 3 is 2.56 bits per heavy atom. The Labute approximate surface area is 106 Å². The molecule has 2 N–H and O–H groups in total. The molecule has 0 radical (unpaired) electrons. The Balaban J connectivity index is 2.52. The lowest BCUT2D eigenvalue weighted by Crippen LogP contribution is -2.86. The van der Waals surface area contributed by atoms with Gasteiger partial charge in [0.15, 0.2) is 0 Å². The highest BCUT2D eigenvalue weighted by Crippen LogP contribution is 2.29. The van der Waals surface area contributed by atoms with Crippen LogP contribution in [0.5, 0.6) is 0 Å². The summed E-state index contributed by atoms with van der Waals surface area (Å²) in [5, 5.41) is 2.33. The average molecular weight is 293 g/mol. The van der Waals surface area contributed by atoms with Crippen molar-refractivity contribution in [1.82, 2.24) is 0 Å². The van der Waals surface area contributed by atoms with E-state index in [1.807, 2.05) is 20.8 Å². The van der Waals surface area contributed by atoms with E-state index in [0.29, 0.717) is 5.92 Å². The third kappa shape index (κ3) is 3.74. The minimum Gasteiger partial charge on any atom is -0.459 e. The fraction of sp³-hybridized carbons (Fsp3) is 0.917. The molecule has 3 nitrogen and oxygen atoms in total. The van der Waals surface area contributed by atoms with Gasteiger partial charge in [0.2, 0.25) is 0 Å². The number of alkyl halides is 1. The molecule has 0 saturated carbocycles. The van der Waals surface area contributed by atoms with Crippen LogP contribution >= 0.6 is 15.9 Å². The molecule has 1 rings (SSSR count). The molecule has 16 heavy (non-hydrogen) atoms. The van der Waals surface area contributed by atoms with Crippen molar-refractivity contribution in [2.75, 3.05) is 13.1 Å². The van der Waals surface area contributed by atoms with Gasteiger partial charge in [-0.15, -0.1) is 0 Å². The minimum atomic E-state index is -0.327. The average Bonchev–Trinajstić information content (AvgIpc) is 2.28. The molecule has 0 bridgehead atoms. The number of esters is 1. The van der Waals surface area contributed by atoms with Crippen molar-refractivity contribution in [2.45, 2.75) is 50.5 Å². The summed E-state index contributed by atoms with van der Waals surface area (Å²) >= 11 is 3.34. The highest BCUT2D eigenvalue weighted by molar-refractivity contribution is 9.10. The molecule has 4 heteroatoms. The third-order valence-corrected chi connectivity index (χ3v) is 4.42. The fourth-order valence-corrected chi connectivity index (χ4v) is 2.29.